The van der Waals surface area contributed by atoms with Crippen LogP contribution in [0.5, 0.6) is 0 Å². The van der Waals surface area contributed by atoms with Crippen molar-refractivity contribution in [1.82, 2.24) is 19.3 Å². The van der Waals surface area contributed by atoms with Crippen LogP contribution in [0.25, 0.3) is 11.0 Å². The van der Waals surface area contributed by atoms with E-state index in [0.29, 0.717) is 17.6 Å². The Kier molecular flexibility index (Phi) is 3.77. The van der Waals surface area contributed by atoms with Crippen LogP contribution in [-0.4, -0.2) is 24.4 Å². The number of aliphatic hydroxyl groups is 1. The third-order valence-corrected chi connectivity index (χ3v) is 3.75. The minimum absolute atomic E-state index is 0.0136. The average Bonchev–Trinajstić information content (AvgIpc) is 2.96. The summed E-state index contributed by atoms with van der Waals surface area (Å²) in [6.07, 6.45) is 3.15. The smallest absolute Gasteiger partial charge is 0.264 e. The number of fused-ring (bicyclic) bond motifs is 1. The molecular weight excluding hydrogens is 292 g/mol. The van der Waals surface area contributed by atoms with Gasteiger partial charge in [-0.3, -0.25) is 9.36 Å². The maximum Gasteiger partial charge on any atom is 0.264 e. The number of rotatable bonds is 3. The molecule has 0 saturated heterocycles. The van der Waals surface area contributed by atoms with Crippen molar-refractivity contribution in [2.75, 3.05) is 0 Å². The Labute approximate surface area is 134 Å². The molecule has 0 saturated carbocycles. The fourth-order valence-electron chi connectivity index (χ4n) is 2.50. The number of hydrogen-bond donors (Lipinski definition) is 1. The lowest BCUT2D eigenvalue weighted by atomic mass is 10.1. The summed E-state index contributed by atoms with van der Waals surface area (Å²) in [5.41, 5.74) is 2.11. The molecule has 0 aliphatic rings. The van der Waals surface area contributed by atoms with Gasteiger partial charge < -0.3 is 5.11 Å². The number of aliphatic hydroxyl groups excluding tert-OH is 1. The zero-order valence-electron chi connectivity index (χ0n) is 13.5. The van der Waals surface area contributed by atoms with Gasteiger partial charge in [-0.25, -0.2) is 9.67 Å². The van der Waals surface area contributed by atoms with Gasteiger partial charge in [0, 0.05) is 0 Å². The molecule has 0 aliphatic heterocycles. The van der Waals surface area contributed by atoms with Crippen molar-refractivity contribution in [2.45, 2.75) is 39.5 Å². The summed E-state index contributed by atoms with van der Waals surface area (Å²) in [7, 11) is 0. The highest BCUT2D eigenvalue weighted by Gasteiger charge is 2.19. The zero-order chi connectivity index (χ0) is 16.6. The second kappa shape index (κ2) is 5.62. The van der Waals surface area contributed by atoms with E-state index in [9.17, 15) is 4.79 Å². The van der Waals surface area contributed by atoms with Crippen LogP contribution in [0.3, 0.4) is 0 Å². The van der Waals surface area contributed by atoms with E-state index in [0.717, 1.165) is 11.1 Å². The van der Waals surface area contributed by atoms with Crippen molar-refractivity contribution >= 4 is 11.0 Å². The van der Waals surface area contributed by atoms with Gasteiger partial charge in [0.25, 0.3) is 5.56 Å². The first-order valence-corrected chi connectivity index (χ1v) is 7.52. The monoisotopic (exact) mass is 312 g/mol. The molecule has 0 aliphatic carbocycles. The first-order chi connectivity index (χ1) is 10.9. The summed E-state index contributed by atoms with van der Waals surface area (Å²) in [5, 5.41) is 13.9. The largest absolute Gasteiger partial charge is 0.392 e. The van der Waals surface area contributed by atoms with E-state index in [1.165, 1.54) is 0 Å². The Morgan fingerprint density at radius 1 is 1.13 bits per heavy atom. The maximum absolute atomic E-state index is 12.6. The Morgan fingerprint density at radius 3 is 2.39 bits per heavy atom. The summed E-state index contributed by atoms with van der Waals surface area (Å²) >= 11 is 0. The van der Waals surface area contributed by atoms with Crippen molar-refractivity contribution in [3.05, 3.63) is 58.3 Å². The summed E-state index contributed by atoms with van der Waals surface area (Å²) in [5.74, 6) is 0. The van der Waals surface area contributed by atoms with Crippen LogP contribution in [0.4, 0.5) is 0 Å². The highest BCUT2D eigenvalue weighted by atomic mass is 16.3. The number of aromatic nitrogens is 4. The first kappa shape index (κ1) is 15.4. The lowest BCUT2D eigenvalue weighted by molar-refractivity contribution is 0.282. The van der Waals surface area contributed by atoms with Gasteiger partial charge in [0.2, 0.25) is 0 Å². The predicted octanol–water partition coefficient (Wildman–Crippen LogP) is 1.89. The third-order valence-electron chi connectivity index (χ3n) is 3.75. The van der Waals surface area contributed by atoms with Crippen LogP contribution in [0.1, 0.15) is 31.9 Å². The highest BCUT2D eigenvalue weighted by molar-refractivity contribution is 5.73. The molecule has 23 heavy (non-hydrogen) atoms. The van der Waals surface area contributed by atoms with E-state index in [1.54, 1.807) is 21.8 Å². The molecule has 0 radical (unpaired) electrons. The van der Waals surface area contributed by atoms with Crippen LogP contribution in [0.15, 0.2) is 41.6 Å². The lowest BCUT2D eigenvalue weighted by Crippen LogP contribution is -2.25. The lowest BCUT2D eigenvalue weighted by Gasteiger charge is -2.19. The van der Waals surface area contributed by atoms with Crippen molar-refractivity contribution in [2.24, 2.45) is 0 Å². The van der Waals surface area contributed by atoms with Crippen LogP contribution in [-0.2, 0) is 18.7 Å². The molecule has 0 amide bonds. The van der Waals surface area contributed by atoms with Crippen LogP contribution in [0.2, 0.25) is 0 Å². The molecule has 0 spiro atoms. The molecule has 1 N–H and O–H groups in total. The molecular formula is C17H20N4O2. The molecule has 3 rings (SSSR count). The quantitative estimate of drug-likeness (QED) is 0.801. The van der Waals surface area contributed by atoms with E-state index in [4.69, 9.17) is 5.11 Å². The summed E-state index contributed by atoms with van der Waals surface area (Å²) in [6, 6.07) is 7.51. The average molecular weight is 312 g/mol. The van der Waals surface area contributed by atoms with Gasteiger partial charge in [-0.15, -0.1) is 0 Å². The Morgan fingerprint density at radius 2 is 1.78 bits per heavy atom. The van der Waals surface area contributed by atoms with E-state index in [1.807, 2.05) is 45.0 Å². The topological polar surface area (TPSA) is 72.9 Å². The Bertz CT molecular complexity index is 886. The van der Waals surface area contributed by atoms with Crippen molar-refractivity contribution in [3.8, 4) is 0 Å². The standard InChI is InChI=1S/C17H20N4O2/c1-17(2,3)21-15-14(8-19-21)16(23)20(11-18-15)9-12-4-6-13(10-22)7-5-12/h4-8,11,22H,9-10H2,1-3H3. The number of hydrogen-bond acceptors (Lipinski definition) is 4. The molecule has 0 atom stereocenters. The van der Waals surface area contributed by atoms with Gasteiger partial charge in [-0.2, -0.15) is 5.10 Å². The molecule has 2 heterocycles. The van der Waals surface area contributed by atoms with E-state index >= 15 is 0 Å². The molecule has 0 bridgehead atoms. The normalized spacial score (nSPS) is 12.0. The molecule has 120 valence electrons. The molecule has 6 nitrogen and oxygen atoms in total. The maximum atomic E-state index is 12.6. The van der Waals surface area contributed by atoms with Crippen molar-refractivity contribution in [1.29, 1.82) is 0 Å². The summed E-state index contributed by atoms with van der Waals surface area (Å²) in [4.78, 5) is 17.0. The molecule has 0 fully saturated rings. The van der Waals surface area contributed by atoms with E-state index in [-0.39, 0.29) is 17.7 Å². The van der Waals surface area contributed by atoms with Gasteiger partial charge in [0.1, 0.15) is 11.7 Å². The van der Waals surface area contributed by atoms with Crippen LogP contribution in [0, 0.1) is 0 Å². The van der Waals surface area contributed by atoms with Crippen LogP contribution < -0.4 is 5.56 Å². The second-order valence-electron chi connectivity index (χ2n) is 6.62. The first-order valence-electron chi connectivity index (χ1n) is 7.52. The van der Waals surface area contributed by atoms with Crippen molar-refractivity contribution in [3.63, 3.8) is 0 Å². The number of nitrogens with zero attached hydrogens (tertiary/aromatic N) is 4. The van der Waals surface area contributed by atoms with Gasteiger partial charge in [0.15, 0.2) is 5.65 Å². The van der Waals surface area contributed by atoms with E-state index in [2.05, 4.69) is 10.1 Å². The van der Waals surface area contributed by atoms with E-state index < -0.39 is 0 Å². The molecule has 0 unspecified atom stereocenters. The SMILES string of the molecule is CC(C)(C)n1ncc2c(=O)n(Cc3ccc(CO)cc3)cnc21. The Balaban J connectivity index is 1.99. The van der Waals surface area contributed by atoms with Gasteiger partial charge in [0.05, 0.1) is 24.9 Å². The predicted molar refractivity (Wildman–Crippen MR) is 88.3 cm³/mol. The molecule has 2 aromatic heterocycles. The minimum atomic E-state index is -0.229. The number of benzene rings is 1. The van der Waals surface area contributed by atoms with Gasteiger partial charge in [-0.05, 0) is 31.9 Å². The second-order valence-corrected chi connectivity index (χ2v) is 6.62. The molecule has 3 aromatic rings. The fourth-order valence-corrected chi connectivity index (χ4v) is 2.50. The van der Waals surface area contributed by atoms with Gasteiger partial charge in [-0.1, -0.05) is 24.3 Å². The fraction of sp³-hybridized carbons (Fsp3) is 0.353. The summed E-state index contributed by atoms with van der Waals surface area (Å²) in [6.45, 7) is 6.52. The third kappa shape index (κ3) is 2.90. The summed E-state index contributed by atoms with van der Waals surface area (Å²) < 4.78 is 3.34. The van der Waals surface area contributed by atoms with Crippen LogP contribution >= 0.6 is 0 Å². The Hall–Kier alpha value is -2.47. The minimum Gasteiger partial charge on any atom is -0.392 e. The zero-order valence-corrected chi connectivity index (χ0v) is 13.5. The highest BCUT2D eigenvalue weighted by Crippen LogP contribution is 2.17. The van der Waals surface area contributed by atoms with Crippen molar-refractivity contribution < 1.29 is 5.11 Å². The molecule has 1 aromatic carbocycles. The van der Waals surface area contributed by atoms with Gasteiger partial charge >= 0.3 is 0 Å². The molecule has 6 heteroatoms.